The quantitative estimate of drug-likeness (QED) is 0.855. The highest BCUT2D eigenvalue weighted by molar-refractivity contribution is 6.28. The van der Waals surface area contributed by atoms with Crippen LogP contribution in [0.25, 0.3) is 0 Å². The largest absolute Gasteiger partial charge is 0.352 e. The summed E-state index contributed by atoms with van der Waals surface area (Å²) in [5, 5.41) is 14.9. The van der Waals surface area contributed by atoms with Crippen LogP contribution in [0.5, 0.6) is 0 Å². The zero-order valence-electron chi connectivity index (χ0n) is 10.2. The molecule has 7 heteroatoms. The van der Waals surface area contributed by atoms with Gasteiger partial charge in [-0.15, -0.1) is 0 Å². The van der Waals surface area contributed by atoms with Gasteiger partial charge >= 0.3 is 0 Å². The van der Waals surface area contributed by atoms with Crippen molar-refractivity contribution in [3.8, 4) is 6.07 Å². The summed E-state index contributed by atoms with van der Waals surface area (Å²) < 4.78 is 0. The molecular formula is C10H15ClN6. The highest BCUT2D eigenvalue weighted by Crippen LogP contribution is 2.14. The van der Waals surface area contributed by atoms with Crippen LogP contribution in [0.3, 0.4) is 0 Å². The van der Waals surface area contributed by atoms with Gasteiger partial charge in [0.25, 0.3) is 0 Å². The first kappa shape index (κ1) is 13.5. The van der Waals surface area contributed by atoms with E-state index in [0.29, 0.717) is 5.95 Å². The Morgan fingerprint density at radius 1 is 1.24 bits per heavy atom. The predicted molar refractivity (Wildman–Crippen MR) is 66.9 cm³/mol. The van der Waals surface area contributed by atoms with E-state index in [4.69, 9.17) is 16.9 Å². The Labute approximate surface area is 105 Å². The van der Waals surface area contributed by atoms with Gasteiger partial charge in [0.2, 0.25) is 17.2 Å². The maximum Gasteiger partial charge on any atom is 0.230 e. The number of aromatic nitrogens is 3. The fraction of sp³-hybridized carbons (Fsp3) is 0.600. The van der Waals surface area contributed by atoms with Crippen molar-refractivity contribution in [2.45, 2.75) is 39.3 Å². The van der Waals surface area contributed by atoms with Crippen LogP contribution in [-0.4, -0.2) is 26.5 Å². The molecule has 1 aromatic rings. The van der Waals surface area contributed by atoms with Crippen LogP contribution in [0.4, 0.5) is 11.9 Å². The first-order chi connectivity index (χ1) is 7.82. The fourth-order valence-corrected chi connectivity index (χ4v) is 1.20. The van der Waals surface area contributed by atoms with Crippen molar-refractivity contribution in [2.75, 3.05) is 10.6 Å². The molecule has 0 aliphatic carbocycles. The molecule has 17 heavy (non-hydrogen) atoms. The van der Waals surface area contributed by atoms with E-state index in [0.717, 1.165) is 0 Å². The van der Waals surface area contributed by atoms with E-state index < -0.39 is 5.54 Å². The molecule has 0 bridgehead atoms. The van der Waals surface area contributed by atoms with Gasteiger partial charge in [0.05, 0.1) is 6.07 Å². The highest BCUT2D eigenvalue weighted by atomic mass is 35.5. The summed E-state index contributed by atoms with van der Waals surface area (Å²) >= 11 is 5.78. The second-order valence-electron chi connectivity index (χ2n) is 4.41. The molecule has 0 saturated carbocycles. The smallest absolute Gasteiger partial charge is 0.230 e. The average molecular weight is 255 g/mol. The minimum atomic E-state index is -0.764. The Hall–Kier alpha value is -1.61. The van der Waals surface area contributed by atoms with Crippen LogP contribution in [0.2, 0.25) is 5.28 Å². The Bertz CT molecular complexity index is 437. The van der Waals surface area contributed by atoms with Crippen molar-refractivity contribution in [3.63, 3.8) is 0 Å². The van der Waals surface area contributed by atoms with Gasteiger partial charge in [-0.3, -0.25) is 0 Å². The molecule has 0 saturated heterocycles. The van der Waals surface area contributed by atoms with Gasteiger partial charge in [-0.1, -0.05) is 0 Å². The Morgan fingerprint density at radius 2 is 1.82 bits per heavy atom. The van der Waals surface area contributed by atoms with Gasteiger partial charge in [0, 0.05) is 6.04 Å². The zero-order chi connectivity index (χ0) is 13.1. The summed E-state index contributed by atoms with van der Waals surface area (Å²) in [6.45, 7) is 7.37. The van der Waals surface area contributed by atoms with E-state index in [-0.39, 0.29) is 17.3 Å². The molecule has 0 aromatic carbocycles. The number of nitriles is 1. The van der Waals surface area contributed by atoms with E-state index >= 15 is 0 Å². The summed E-state index contributed by atoms with van der Waals surface area (Å²) in [7, 11) is 0. The van der Waals surface area contributed by atoms with E-state index in [9.17, 15) is 0 Å². The number of halogens is 1. The summed E-state index contributed by atoms with van der Waals surface area (Å²) in [6.07, 6.45) is 0. The lowest BCUT2D eigenvalue weighted by molar-refractivity contribution is 0.714. The minimum absolute atomic E-state index is 0.0828. The van der Waals surface area contributed by atoms with Gasteiger partial charge in [0.1, 0.15) is 5.54 Å². The number of anilines is 2. The molecule has 0 spiro atoms. The molecule has 1 rings (SSSR count). The molecule has 2 N–H and O–H groups in total. The molecule has 0 atom stereocenters. The Balaban J connectivity index is 2.94. The van der Waals surface area contributed by atoms with Crippen LogP contribution >= 0.6 is 11.6 Å². The van der Waals surface area contributed by atoms with Crippen LogP contribution in [0.1, 0.15) is 27.7 Å². The molecule has 0 aliphatic rings. The fourth-order valence-electron chi connectivity index (χ4n) is 1.04. The maximum absolute atomic E-state index is 8.91. The SMILES string of the molecule is CC(C)Nc1nc(Cl)nc(NC(C)(C)C#N)n1. The van der Waals surface area contributed by atoms with Crippen LogP contribution in [-0.2, 0) is 0 Å². The average Bonchev–Trinajstić information content (AvgIpc) is 2.14. The third-order valence-electron chi connectivity index (χ3n) is 1.73. The number of nitrogens with one attached hydrogen (secondary N) is 2. The molecule has 1 heterocycles. The van der Waals surface area contributed by atoms with E-state index in [1.807, 2.05) is 13.8 Å². The van der Waals surface area contributed by atoms with E-state index in [2.05, 4.69) is 31.7 Å². The van der Waals surface area contributed by atoms with Crippen molar-refractivity contribution in [3.05, 3.63) is 5.28 Å². The summed E-state index contributed by atoms with van der Waals surface area (Å²) in [5.74, 6) is 0.663. The minimum Gasteiger partial charge on any atom is -0.352 e. The van der Waals surface area contributed by atoms with Crippen LogP contribution < -0.4 is 10.6 Å². The lowest BCUT2D eigenvalue weighted by atomic mass is 10.1. The molecule has 0 radical (unpaired) electrons. The lowest BCUT2D eigenvalue weighted by Gasteiger charge is -2.18. The summed E-state index contributed by atoms with van der Waals surface area (Å²) in [4.78, 5) is 12.0. The molecule has 0 unspecified atom stereocenters. The predicted octanol–water partition coefficient (Wildman–Crippen LogP) is 2.06. The molecule has 92 valence electrons. The number of hydrogen-bond acceptors (Lipinski definition) is 6. The van der Waals surface area contributed by atoms with Gasteiger partial charge < -0.3 is 10.6 Å². The maximum atomic E-state index is 8.91. The molecule has 0 aliphatic heterocycles. The van der Waals surface area contributed by atoms with Crippen molar-refractivity contribution in [1.29, 1.82) is 5.26 Å². The van der Waals surface area contributed by atoms with Gasteiger partial charge in [-0.2, -0.15) is 20.2 Å². The number of nitrogens with zero attached hydrogens (tertiary/aromatic N) is 4. The van der Waals surface area contributed by atoms with E-state index in [1.165, 1.54) is 0 Å². The Kier molecular flexibility index (Phi) is 4.07. The van der Waals surface area contributed by atoms with Crippen molar-refractivity contribution in [1.82, 2.24) is 15.0 Å². The zero-order valence-corrected chi connectivity index (χ0v) is 11.0. The van der Waals surface area contributed by atoms with Crippen molar-refractivity contribution < 1.29 is 0 Å². The standard InChI is InChI=1S/C10H15ClN6/c1-6(2)13-8-14-7(11)15-9(16-8)17-10(3,4)5-12/h6H,1-4H3,(H2,13,14,15,16,17). The monoisotopic (exact) mass is 254 g/mol. The Morgan fingerprint density at radius 3 is 2.35 bits per heavy atom. The van der Waals surface area contributed by atoms with Gasteiger partial charge in [0.15, 0.2) is 0 Å². The number of hydrogen-bond donors (Lipinski definition) is 2. The second kappa shape index (κ2) is 5.15. The molecule has 6 nitrogen and oxygen atoms in total. The van der Waals surface area contributed by atoms with Crippen molar-refractivity contribution in [2.24, 2.45) is 0 Å². The molecule has 1 aromatic heterocycles. The topological polar surface area (TPSA) is 86.5 Å². The van der Waals surface area contributed by atoms with Gasteiger partial charge in [-0.25, -0.2) is 0 Å². The third kappa shape index (κ3) is 4.41. The van der Waals surface area contributed by atoms with Gasteiger partial charge in [-0.05, 0) is 39.3 Å². The summed E-state index contributed by atoms with van der Waals surface area (Å²) in [5.41, 5.74) is -0.764. The molecular weight excluding hydrogens is 240 g/mol. The first-order valence-corrected chi connectivity index (χ1v) is 5.58. The first-order valence-electron chi connectivity index (χ1n) is 5.20. The third-order valence-corrected chi connectivity index (χ3v) is 1.90. The van der Waals surface area contributed by atoms with Crippen LogP contribution in [0, 0.1) is 11.3 Å². The summed E-state index contributed by atoms with van der Waals surface area (Å²) in [6, 6.07) is 2.28. The van der Waals surface area contributed by atoms with Crippen molar-refractivity contribution >= 4 is 23.5 Å². The lowest BCUT2D eigenvalue weighted by Crippen LogP contribution is -2.30. The van der Waals surface area contributed by atoms with E-state index in [1.54, 1.807) is 13.8 Å². The molecule has 0 fully saturated rings. The second-order valence-corrected chi connectivity index (χ2v) is 4.75. The highest BCUT2D eigenvalue weighted by Gasteiger charge is 2.18. The number of rotatable bonds is 4. The normalized spacial score (nSPS) is 11.1. The van der Waals surface area contributed by atoms with Crippen LogP contribution in [0.15, 0.2) is 0 Å². The molecule has 0 amide bonds.